The summed E-state index contributed by atoms with van der Waals surface area (Å²) in [7, 11) is 0. The third-order valence-electron chi connectivity index (χ3n) is 2.76. The second-order valence-corrected chi connectivity index (χ2v) is 4.28. The highest BCUT2D eigenvalue weighted by molar-refractivity contribution is 5.85. The molecule has 14 heavy (non-hydrogen) atoms. The van der Waals surface area contributed by atoms with Crippen molar-refractivity contribution in [2.75, 3.05) is 0 Å². The number of hydrogen-bond acceptors (Lipinski definition) is 1. The fourth-order valence-corrected chi connectivity index (χ4v) is 1.93. The number of nitrogens with two attached hydrogens (primary N) is 1. The van der Waals surface area contributed by atoms with Gasteiger partial charge in [-0.15, -0.1) is 12.4 Å². The summed E-state index contributed by atoms with van der Waals surface area (Å²) in [4.78, 5) is 0. The van der Waals surface area contributed by atoms with Gasteiger partial charge in [-0.2, -0.15) is 0 Å². The Morgan fingerprint density at radius 1 is 1.14 bits per heavy atom. The second-order valence-electron chi connectivity index (χ2n) is 4.28. The molecule has 2 heteroatoms. The van der Waals surface area contributed by atoms with Gasteiger partial charge in [-0.1, -0.05) is 29.3 Å². The third kappa shape index (κ3) is 2.49. The molecule has 1 aromatic rings. The van der Waals surface area contributed by atoms with Gasteiger partial charge in [0.1, 0.15) is 0 Å². The zero-order valence-corrected chi connectivity index (χ0v) is 9.60. The Balaban J connectivity index is 0.000000980. The van der Waals surface area contributed by atoms with Crippen molar-refractivity contribution in [2.45, 2.75) is 32.7 Å². The van der Waals surface area contributed by atoms with Crippen LogP contribution in [-0.2, 0) is 0 Å². The summed E-state index contributed by atoms with van der Waals surface area (Å²) in [6.45, 7) is 4.27. The molecule has 0 amide bonds. The number of benzene rings is 1. The van der Waals surface area contributed by atoms with E-state index in [1.807, 2.05) is 0 Å². The fourth-order valence-electron chi connectivity index (χ4n) is 1.93. The van der Waals surface area contributed by atoms with Crippen LogP contribution >= 0.6 is 12.4 Å². The Kier molecular flexibility index (Phi) is 3.57. The zero-order valence-electron chi connectivity index (χ0n) is 8.79. The van der Waals surface area contributed by atoms with Crippen molar-refractivity contribution >= 4 is 12.4 Å². The summed E-state index contributed by atoms with van der Waals surface area (Å²) in [5.74, 6) is 0.751. The first-order valence-corrected chi connectivity index (χ1v) is 5.00. The van der Waals surface area contributed by atoms with Crippen LogP contribution in [0, 0.1) is 19.8 Å². The zero-order chi connectivity index (χ0) is 9.42. The first-order chi connectivity index (χ1) is 6.16. The average Bonchev–Trinajstić information content (AvgIpc) is 2.83. The van der Waals surface area contributed by atoms with Gasteiger partial charge in [-0.25, -0.2) is 0 Å². The van der Waals surface area contributed by atoms with E-state index in [-0.39, 0.29) is 18.4 Å². The van der Waals surface area contributed by atoms with Crippen LogP contribution in [0.3, 0.4) is 0 Å². The van der Waals surface area contributed by atoms with E-state index in [2.05, 4.69) is 32.0 Å². The molecule has 2 rings (SSSR count). The molecule has 0 saturated heterocycles. The quantitative estimate of drug-likeness (QED) is 0.799. The van der Waals surface area contributed by atoms with E-state index in [1.165, 1.54) is 29.5 Å². The van der Waals surface area contributed by atoms with Crippen molar-refractivity contribution in [3.05, 3.63) is 34.9 Å². The maximum atomic E-state index is 6.14. The SMILES string of the molecule is Cc1cc(C)cc([C@H](N)C2CC2)c1.Cl. The summed E-state index contributed by atoms with van der Waals surface area (Å²) < 4.78 is 0. The predicted octanol–water partition coefficient (Wildman–Crippen LogP) is 3.14. The molecule has 0 aromatic heterocycles. The van der Waals surface area contributed by atoms with Gasteiger partial charge in [0.25, 0.3) is 0 Å². The van der Waals surface area contributed by atoms with Crippen molar-refractivity contribution in [3.63, 3.8) is 0 Å². The smallest absolute Gasteiger partial charge is 0.0323 e. The van der Waals surface area contributed by atoms with Crippen molar-refractivity contribution in [3.8, 4) is 0 Å². The van der Waals surface area contributed by atoms with Gasteiger partial charge in [-0.3, -0.25) is 0 Å². The molecule has 0 heterocycles. The summed E-state index contributed by atoms with van der Waals surface area (Å²) >= 11 is 0. The van der Waals surface area contributed by atoms with Crippen LogP contribution in [0.25, 0.3) is 0 Å². The predicted molar refractivity (Wildman–Crippen MR) is 62.8 cm³/mol. The van der Waals surface area contributed by atoms with E-state index in [0.29, 0.717) is 0 Å². The molecular formula is C12H18ClN. The molecule has 0 spiro atoms. The molecule has 1 fully saturated rings. The van der Waals surface area contributed by atoms with Crippen LogP contribution in [0.4, 0.5) is 0 Å². The molecule has 0 radical (unpaired) electrons. The standard InChI is InChI=1S/C12H17N.ClH/c1-8-5-9(2)7-11(6-8)12(13)10-3-4-10;/h5-7,10,12H,3-4,13H2,1-2H3;1H/t12-;/m1./s1. The van der Waals surface area contributed by atoms with E-state index in [4.69, 9.17) is 5.73 Å². The molecule has 1 atom stereocenters. The average molecular weight is 212 g/mol. The highest BCUT2D eigenvalue weighted by Crippen LogP contribution is 2.39. The molecule has 2 N–H and O–H groups in total. The lowest BCUT2D eigenvalue weighted by atomic mass is 9.99. The van der Waals surface area contributed by atoms with Crippen LogP contribution in [0.5, 0.6) is 0 Å². The molecule has 1 aliphatic rings. The lowest BCUT2D eigenvalue weighted by Crippen LogP contribution is -2.12. The molecular weight excluding hydrogens is 194 g/mol. The Hall–Kier alpha value is -0.530. The normalized spacial score (nSPS) is 17.4. The minimum atomic E-state index is 0. The maximum Gasteiger partial charge on any atom is 0.0323 e. The Bertz CT molecular complexity index is 298. The Morgan fingerprint density at radius 2 is 1.64 bits per heavy atom. The largest absolute Gasteiger partial charge is 0.324 e. The van der Waals surface area contributed by atoms with Gasteiger partial charge in [-0.05, 0) is 38.2 Å². The Labute approximate surface area is 92.1 Å². The monoisotopic (exact) mass is 211 g/mol. The van der Waals surface area contributed by atoms with Crippen molar-refractivity contribution in [1.82, 2.24) is 0 Å². The topological polar surface area (TPSA) is 26.0 Å². The number of halogens is 1. The van der Waals surface area contributed by atoms with Crippen molar-refractivity contribution < 1.29 is 0 Å². The second kappa shape index (κ2) is 4.33. The van der Waals surface area contributed by atoms with Gasteiger partial charge in [0.05, 0.1) is 0 Å². The van der Waals surface area contributed by atoms with E-state index >= 15 is 0 Å². The maximum absolute atomic E-state index is 6.14. The summed E-state index contributed by atoms with van der Waals surface area (Å²) in [6.07, 6.45) is 2.63. The summed E-state index contributed by atoms with van der Waals surface area (Å²) in [5, 5.41) is 0. The van der Waals surface area contributed by atoms with Gasteiger partial charge >= 0.3 is 0 Å². The van der Waals surface area contributed by atoms with Crippen LogP contribution in [0.2, 0.25) is 0 Å². The first kappa shape index (κ1) is 11.5. The van der Waals surface area contributed by atoms with Gasteiger partial charge in [0.15, 0.2) is 0 Å². The first-order valence-electron chi connectivity index (χ1n) is 5.00. The molecule has 0 unspecified atom stereocenters. The highest BCUT2D eigenvalue weighted by Gasteiger charge is 2.29. The summed E-state index contributed by atoms with van der Waals surface area (Å²) in [6, 6.07) is 6.91. The molecule has 1 aromatic carbocycles. The summed E-state index contributed by atoms with van der Waals surface area (Å²) in [5.41, 5.74) is 10.1. The lowest BCUT2D eigenvalue weighted by Gasteiger charge is -2.12. The molecule has 1 aliphatic carbocycles. The van der Waals surface area contributed by atoms with E-state index in [9.17, 15) is 0 Å². The molecule has 1 nitrogen and oxygen atoms in total. The number of rotatable bonds is 2. The van der Waals surface area contributed by atoms with Gasteiger partial charge < -0.3 is 5.73 Å². The van der Waals surface area contributed by atoms with Crippen LogP contribution in [0.15, 0.2) is 18.2 Å². The van der Waals surface area contributed by atoms with E-state index < -0.39 is 0 Å². The molecule has 1 saturated carbocycles. The number of hydrogen-bond donors (Lipinski definition) is 1. The Morgan fingerprint density at radius 3 is 2.07 bits per heavy atom. The van der Waals surface area contributed by atoms with Gasteiger partial charge in [0, 0.05) is 6.04 Å². The fraction of sp³-hybridized carbons (Fsp3) is 0.500. The highest BCUT2D eigenvalue weighted by atomic mass is 35.5. The van der Waals surface area contributed by atoms with Gasteiger partial charge in [0.2, 0.25) is 0 Å². The lowest BCUT2D eigenvalue weighted by molar-refractivity contribution is 0.632. The van der Waals surface area contributed by atoms with E-state index in [0.717, 1.165) is 5.92 Å². The van der Waals surface area contributed by atoms with Crippen LogP contribution in [-0.4, -0.2) is 0 Å². The van der Waals surface area contributed by atoms with Crippen LogP contribution < -0.4 is 5.73 Å². The van der Waals surface area contributed by atoms with E-state index in [1.54, 1.807) is 0 Å². The minimum absolute atomic E-state index is 0. The van der Waals surface area contributed by atoms with Crippen LogP contribution in [0.1, 0.15) is 35.6 Å². The molecule has 0 bridgehead atoms. The number of aryl methyl sites for hydroxylation is 2. The van der Waals surface area contributed by atoms with Crippen molar-refractivity contribution in [2.24, 2.45) is 11.7 Å². The minimum Gasteiger partial charge on any atom is -0.324 e. The van der Waals surface area contributed by atoms with Crippen molar-refractivity contribution in [1.29, 1.82) is 0 Å². The molecule has 0 aliphatic heterocycles. The third-order valence-corrected chi connectivity index (χ3v) is 2.76. The molecule has 78 valence electrons.